The Morgan fingerprint density at radius 2 is 2.25 bits per heavy atom. The van der Waals surface area contributed by atoms with Gasteiger partial charge in [0.2, 0.25) is 0 Å². The molecule has 1 aliphatic rings. The molecule has 1 aromatic carbocycles. The summed E-state index contributed by atoms with van der Waals surface area (Å²) in [7, 11) is 0. The highest BCUT2D eigenvalue weighted by Crippen LogP contribution is 2.17. The maximum absolute atomic E-state index is 12.8. The summed E-state index contributed by atoms with van der Waals surface area (Å²) in [5, 5.41) is 5.57. The lowest BCUT2D eigenvalue weighted by Crippen LogP contribution is -2.44. The van der Waals surface area contributed by atoms with E-state index < -0.39 is 0 Å². The number of nitrogens with one attached hydrogen (secondary N) is 2. The van der Waals surface area contributed by atoms with Crippen molar-refractivity contribution in [1.82, 2.24) is 10.6 Å². The maximum Gasteiger partial charge on any atom is 0.315 e. The Hall–Kier alpha value is -1.58. The van der Waals surface area contributed by atoms with Crippen LogP contribution in [0.2, 0.25) is 0 Å². The van der Waals surface area contributed by atoms with Gasteiger partial charge in [-0.05, 0) is 37.0 Å². The summed E-state index contributed by atoms with van der Waals surface area (Å²) >= 11 is 0. The van der Waals surface area contributed by atoms with Crippen LogP contribution >= 0.6 is 0 Å². The molecule has 0 saturated heterocycles. The minimum atomic E-state index is -0.279. The van der Waals surface area contributed by atoms with Gasteiger partial charge in [-0.25, -0.2) is 9.18 Å². The fraction of sp³-hybridized carbons (Fsp3) is 0.417. The molecule has 0 heterocycles. The third-order valence-corrected chi connectivity index (χ3v) is 2.78. The molecule has 3 nitrogen and oxygen atoms in total. The van der Waals surface area contributed by atoms with Crippen molar-refractivity contribution in [2.75, 3.05) is 0 Å². The molecule has 1 saturated carbocycles. The van der Waals surface area contributed by atoms with E-state index in [1.54, 1.807) is 12.1 Å². The quantitative estimate of drug-likeness (QED) is 0.808. The van der Waals surface area contributed by atoms with Crippen LogP contribution in [0.4, 0.5) is 9.18 Å². The molecule has 0 bridgehead atoms. The molecule has 1 aliphatic carbocycles. The van der Waals surface area contributed by atoms with E-state index >= 15 is 0 Å². The van der Waals surface area contributed by atoms with Gasteiger partial charge in [0.15, 0.2) is 0 Å². The number of hydrogen-bond donors (Lipinski definition) is 2. The maximum atomic E-state index is 12.8. The molecule has 0 radical (unpaired) electrons. The van der Waals surface area contributed by atoms with Gasteiger partial charge >= 0.3 is 6.03 Å². The Labute approximate surface area is 94.0 Å². The molecule has 2 rings (SSSR count). The first-order chi connectivity index (χ1) is 7.74. The van der Waals surface area contributed by atoms with Gasteiger partial charge in [0.25, 0.3) is 0 Å². The molecule has 0 unspecified atom stereocenters. The average molecular weight is 222 g/mol. The summed E-state index contributed by atoms with van der Waals surface area (Å²) < 4.78 is 12.8. The van der Waals surface area contributed by atoms with Crippen LogP contribution in [0.15, 0.2) is 24.3 Å². The Kier molecular flexibility index (Phi) is 3.39. The lowest BCUT2D eigenvalue weighted by atomic mass is 9.93. The monoisotopic (exact) mass is 222 g/mol. The van der Waals surface area contributed by atoms with E-state index in [9.17, 15) is 9.18 Å². The van der Waals surface area contributed by atoms with Gasteiger partial charge in [0.05, 0.1) is 0 Å². The average Bonchev–Trinajstić information content (AvgIpc) is 2.21. The summed E-state index contributed by atoms with van der Waals surface area (Å²) in [6, 6.07) is 6.38. The number of carbonyl (C=O) groups is 1. The first kappa shape index (κ1) is 10.9. The molecule has 1 aromatic rings. The second kappa shape index (κ2) is 4.96. The topological polar surface area (TPSA) is 41.1 Å². The van der Waals surface area contributed by atoms with Crippen LogP contribution in [0.1, 0.15) is 24.8 Å². The Balaban J connectivity index is 1.75. The standard InChI is InChI=1S/C12H15FN2O/c13-10-4-1-3-9(7-10)8-14-12(16)15-11-5-2-6-11/h1,3-4,7,11H,2,5-6,8H2,(H2,14,15,16). The van der Waals surface area contributed by atoms with E-state index in [1.807, 2.05) is 0 Å². The van der Waals surface area contributed by atoms with Gasteiger partial charge < -0.3 is 10.6 Å². The normalized spacial score (nSPS) is 15.3. The van der Waals surface area contributed by atoms with E-state index in [0.717, 1.165) is 18.4 Å². The van der Waals surface area contributed by atoms with Crippen molar-refractivity contribution in [3.8, 4) is 0 Å². The first-order valence-corrected chi connectivity index (χ1v) is 5.53. The molecule has 0 aliphatic heterocycles. The van der Waals surface area contributed by atoms with Crippen molar-refractivity contribution in [2.45, 2.75) is 31.8 Å². The minimum absolute atomic E-state index is 0.172. The number of carbonyl (C=O) groups excluding carboxylic acids is 1. The predicted octanol–water partition coefficient (Wildman–Crippen LogP) is 2.18. The number of urea groups is 1. The number of benzene rings is 1. The largest absolute Gasteiger partial charge is 0.335 e. The second-order valence-electron chi connectivity index (χ2n) is 4.08. The molecular weight excluding hydrogens is 207 g/mol. The Morgan fingerprint density at radius 1 is 1.44 bits per heavy atom. The van der Waals surface area contributed by atoms with Crippen LogP contribution in [-0.4, -0.2) is 12.1 Å². The van der Waals surface area contributed by atoms with Crippen LogP contribution in [0, 0.1) is 5.82 Å². The molecule has 0 atom stereocenters. The summed E-state index contributed by atoms with van der Waals surface area (Å²) in [6.07, 6.45) is 3.32. The minimum Gasteiger partial charge on any atom is -0.335 e. The smallest absolute Gasteiger partial charge is 0.315 e. The van der Waals surface area contributed by atoms with E-state index in [4.69, 9.17) is 0 Å². The molecule has 0 aromatic heterocycles. The summed E-state index contributed by atoms with van der Waals surface area (Å²) in [4.78, 5) is 11.4. The molecule has 16 heavy (non-hydrogen) atoms. The second-order valence-corrected chi connectivity index (χ2v) is 4.08. The van der Waals surface area contributed by atoms with Crippen LogP contribution in [0.5, 0.6) is 0 Å². The van der Waals surface area contributed by atoms with Gasteiger partial charge in [-0.2, -0.15) is 0 Å². The number of halogens is 1. The number of amides is 2. The van der Waals surface area contributed by atoms with Crippen molar-refractivity contribution < 1.29 is 9.18 Å². The fourth-order valence-electron chi connectivity index (χ4n) is 1.62. The molecule has 1 fully saturated rings. The first-order valence-electron chi connectivity index (χ1n) is 5.53. The molecular formula is C12H15FN2O. The SMILES string of the molecule is O=C(NCc1cccc(F)c1)NC1CCC1. The van der Waals surface area contributed by atoms with Crippen molar-refractivity contribution >= 4 is 6.03 Å². The van der Waals surface area contributed by atoms with Crippen molar-refractivity contribution in [3.05, 3.63) is 35.6 Å². The fourth-order valence-corrected chi connectivity index (χ4v) is 1.62. The zero-order chi connectivity index (χ0) is 11.4. The van der Waals surface area contributed by atoms with Crippen molar-refractivity contribution in [2.24, 2.45) is 0 Å². The highest BCUT2D eigenvalue weighted by molar-refractivity contribution is 5.74. The van der Waals surface area contributed by atoms with Crippen LogP contribution in [0.25, 0.3) is 0 Å². The van der Waals surface area contributed by atoms with E-state index in [1.165, 1.54) is 18.6 Å². The lowest BCUT2D eigenvalue weighted by Gasteiger charge is -2.26. The zero-order valence-corrected chi connectivity index (χ0v) is 9.00. The van der Waals surface area contributed by atoms with E-state index in [0.29, 0.717) is 12.6 Å². The van der Waals surface area contributed by atoms with E-state index in [-0.39, 0.29) is 11.8 Å². The Bertz CT molecular complexity index is 377. The lowest BCUT2D eigenvalue weighted by molar-refractivity contribution is 0.228. The predicted molar refractivity (Wildman–Crippen MR) is 59.4 cm³/mol. The Morgan fingerprint density at radius 3 is 2.88 bits per heavy atom. The van der Waals surface area contributed by atoms with Gasteiger partial charge in [-0.15, -0.1) is 0 Å². The van der Waals surface area contributed by atoms with Gasteiger partial charge in [0.1, 0.15) is 5.82 Å². The van der Waals surface area contributed by atoms with Crippen LogP contribution < -0.4 is 10.6 Å². The van der Waals surface area contributed by atoms with Crippen LogP contribution in [-0.2, 0) is 6.54 Å². The highest BCUT2D eigenvalue weighted by Gasteiger charge is 2.18. The third kappa shape index (κ3) is 2.95. The molecule has 0 spiro atoms. The van der Waals surface area contributed by atoms with Crippen LogP contribution in [0.3, 0.4) is 0 Å². The molecule has 2 amide bonds. The third-order valence-electron chi connectivity index (χ3n) is 2.78. The van der Waals surface area contributed by atoms with Gasteiger partial charge in [-0.3, -0.25) is 0 Å². The molecule has 2 N–H and O–H groups in total. The van der Waals surface area contributed by atoms with E-state index in [2.05, 4.69) is 10.6 Å². The summed E-state index contributed by atoms with van der Waals surface area (Å²) in [5.41, 5.74) is 0.767. The van der Waals surface area contributed by atoms with Gasteiger partial charge in [-0.1, -0.05) is 12.1 Å². The number of hydrogen-bond acceptors (Lipinski definition) is 1. The number of rotatable bonds is 3. The summed E-state index contributed by atoms with van der Waals surface area (Å²) in [5.74, 6) is -0.279. The van der Waals surface area contributed by atoms with Crippen molar-refractivity contribution in [3.63, 3.8) is 0 Å². The molecule has 86 valence electrons. The summed E-state index contributed by atoms with van der Waals surface area (Å²) in [6.45, 7) is 0.357. The zero-order valence-electron chi connectivity index (χ0n) is 9.00. The van der Waals surface area contributed by atoms with Crippen molar-refractivity contribution in [1.29, 1.82) is 0 Å². The van der Waals surface area contributed by atoms with Gasteiger partial charge in [0, 0.05) is 12.6 Å². The highest BCUT2D eigenvalue weighted by atomic mass is 19.1. The molecule has 4 heteroatoms.